The van der Waals surface area contributed by atoms with Crippen LogP contribution >= 0.6 is 0 Å². The molecule has 1 fully saturated rings. The topological polar surface area (TPSA) is 70.9 Å². The van der Waals surface area contributed by atoms with Crippen LogP contribution in [0.4, 0.5) is 5.69 Å². The third kappa shape index (κ3) is 3.90. The highest BCUT2D eigenvalue weighted by Gasteiger charge is 2.20. The van der Waals surface area contributed by atoms with E-state index in [1.165, 1.54) is 24.0 Å². The smallest absolute Gasteiger partial charge is 0.103 e. The summed E-state index contributed by atoms with van der Waals surface area (Å²) in [6, 6.07) is 21.7. The summed E-state index contributed by atoms with van der Waals surface area (Å²) < 4.78 is 2.35. The molecule has 0 atom stereocenters. The predicted octanol–water partition coefficient (Wildman–Crippen LogP) is 4.99. The van der Waals surface area contributed by atoms with Crippen molar-refractivity contribution in [3.63, 3.8) is 0 Å². The normalized spacial score (nSPS) is 15.2. The Hall–Kier alpha value is -3.62. The van der Waals surface area contributed by atoms with Gasteiger partial charge in [0.1, 0.15) is 6.07 Å². The minimum atomic E-state index is 0.419. The zero-order valence-electron chi connectivity index (χ0n) is 17.4. The third-order valence-electron chi connectivity index (χ3n) is 6.30. The van der Waals surface area contributed by atoms with Crippen molar-refractivity contribution in [2.45, 2.75) is 25.4 Å². The number of rotatable bonds is 4. The van der Waals surface area contributed by atoms with Crippen LogP contribution in [-0.4, -0.2) is 27.5 Å². The van der Waals surface area contributed by atoms with E-state index in [9.17, 15) is 0 Å². The lowest BCUT2D eigenvalue weighted by atomic mass is 9.99. The van der Waals surface area contributed by atoms with Crippen LogP contribution in [0.3, 0.4) is 0 Å². The van der Waals surface area contributed by atoms with Crippen molar-refractivity contribution >= 4 is 16.6 Å². The second-order valence-electron chi connectivity index (χ2n) is 8.27. The number of likely N-dealkylation sites (tertiary alicyclic amines) is 1. The van der Waals surface area contributed by atoms with Crippen LogP contribution in [0.2, 0.25) is 0 Å². The third-order valence-corrected chi connectivity index (χ3v) is 6.30. The molecule has 5 nitrogen and oxygen atoms in total. The molecule has 5 heteroatoms. The monoisotopic (exact) mass is 407 g/mol. The first-order valence-electron chi connectivity index (χ1n) is 10.7. The second kappa shape index (κ2) is 8.25. The van der Waals surface area contributed by atoms with E-state index in [4.69, 9.17) is 11.0 Å². The van der Waals surface area contributed by atoms with Crippen molar-refractivity contribution in [1.29, 1.82) is 5.26 Å². The Balaban J connectivity index is 1.32. The van der Waals surface area contributed by atoms with Crippen LogP contribution in [0.15, 0.2) is 73.2 Å². The van der Waals surface area contributed by atoms with Gasteiger partial charge in [0.05, 0.1) is 16.8 Å². The summed E-state index contributed by atoms with van der Waals surface area (Å²) in [6.45, 7) is 3.21. The Labute approximate surface area is 182 Å². The number of hydrogen-bond acceptors (Lipinski definition) is 4. The van der Waals surface area contributed by atoms with Crippen molar-refractivity contribution in [3.05, 3.63) is 84.3 Å². The van der Waals surface area contributed by atoms with Gasteiger partial charge in [-0.1, -0.05) is 30.3 Å². The van der Waals surface area contributed by atoms with Gasteiger partial charge in [0, 0.05) is 49.7 Å². The molecule has 0 aliphatic carbocycles. The van der Waals surface area contributed by atoms with Crippen LogP contribution in [0.5, 0.6) is 0 Å². The average Bonchev–Trinajstić information content (AvgIpc) is 3.35. The van der Waals surface area contributed by atoms with E-state index in [2.05, 4.69) is 81.4 Å². The molecule has 0 radical (unpaired) electrons. The Bertz CT molecular complexity index is 1240. The predicted molar refractivity (Wildman–Crippen MR) is 124 cm³/mol. The Kier molecular flexibility index (Phi) is 5.15. The van der Waals surface area contributed by atoms with Crippen molar-refractivity contribution in [2.24, 2.45) is 0 Å². The van der Waals surface area contributed by atoms with Crippen molar-refractivity contribution < 1.29 is 0 Å². The lowest BCUT2D eigenvalue weighted by Crippen LogP contribution is -2.33. The van der Waals surface area contributed by atoms with Gasteiger partial charge in [-0.3, -0.25) is 9.88 Å². The maximum Gasteiger partial charge on any atom is 0.103 e. The summed E-state index contributed by atoms with van der Waals surface area (Å²) in [7, 11) is 0. The lowest BCUT2D eigenvalue weighted by molar-refractivity contribution is 0.180. The van der Waals surface area contributed by atoms with Gasteiger partial charge in [-0.25, -0.2) is 0 Å². The number of nitrogens with zero attached hydrogens (tertiary/aromatic N) is 4. The summed E-state index contributed by atoms with van der Waals surface area (Å²) in [5.74, 6) is 0. The first kappa shape index (κ1) is 19.3. The zero-order chi connectivity index (χ0) is 21.2. The maximum absolute atomic E-state index is 9.16. The van der Waals surface area contributed by atoms with Crippen LogP contribution in [-0.2, 0) is 6.54 Å². The van der Waals surface area contributed by atoms with Crippen LogP contribution in [0.25, 0.3) is 22.0 Å². The number of aromatic nitrogens is 2. The molecule has 1 aliphatic heterocycles. The molecular weight excluding hydrogens is 382 g/mol. The van der Waals surface area contributed by atoms with E-state index in [0.717, 1.165) is 36.1 Å². The molecule has 31 heavy (non-hydrogen) atoms. The van der Waals surface area contributed by atoms with Crippen molar-refractivity contribution in [1.82, 2.24) is 14.5 Å². The van der Waals surface area contributed by atoms with Crippen LogP contribution in [0, 0.1) is 11.3 Å². The van der Waals surface area contributed by atoms with Gasteiger partial charge in [-0.05, 0) is 53.8 Å². The van der Waals surface area contributed by atoms with Crippen LogP contribution in [0.1, 0.15) is 30.0 Å². The van der Waals surface area contributed by atoms with Crippen molar-refractivity contribution in [3.8, 4) is 17.2 Å². The van der Waals surface area contributed by atoms with Gasteiger partial charge >= 0.3 is 0 Å². The van der Waals surface area contributed by atoms with Crippen molar-refractivity contribution in [2.75, 3.05) is 18.8 Å². The number of fused-ring (bicyclic) bond motifs is 1. The SMILES string of the molecule is N#Cc1cnc2cc(-c3cccc(CN4CCC(n5cccc5)CC4)c3)ccc2c1N. The Morgan fingerprint density at radius 2 is 1.77 bits per heavy atom. The molecule has 2 N–H and O–H groups in total. The largest absolute Gasteiger partial charge is 0.397 e. The highest BCUT2D eigenvalue weighted by atomic mass is 15.1. The number of hydrogen-bond donors (Lipinski definition) is 1. The number of nitriles is 1. The van der Waals surface area contributed by atoms with Gasteiger partial charge in [0.2, 0.25) is 0 Å². The van der Waals surface area contributed by atoms with Crippen LogP contribution < -0.4 is 5.73 Å². The first-order valence-corrected chi connectivity index (χ1v) is 10.7. The molecular formula is C26H25N5. The average molecular weight is 408 g/mol. The van der Waals surface area contributed by atoms with E-state index in [0.29, 0.717) is 17.3 Å². The molecule has 1 aliphatic rings. The first-order chi connectivity index (χ1) is 15.2. The molecule has 0 spiro atoms. The highest BCUT2D eigenvalue weighted by molar-refractivity contribution is 5.95. The number of piperidine rings is 1. The number of nitrogen functional groups attached to an aromatic ring is 1. The Morgan fingerprint density at radius 3 is 2.55 bits per heavy atom. The van der Waals surface area contributed by atoms with E-state index in [1.807, 2.05) is 6.07 Å². The fraction of sp³-hybridized carbons (Fsp3) is 0.231. The minimum Gasteiger partial charge on any atom is -0.397 e. The summed E-state index contributed by atoms with van der Waals surface area (Å²) in [6.07, 6.45) is 8.29. The summed E-state index contributed by atoms with van der Waals surface area (Å²) in [4.78, 5) is 6.98. The summed E-state index contributed by atoms with van der Waals surface area (Å²) in [5, 5.41) is 9.99. The van der Waals surface area contributed by atoms with Gasteiger partial charge in [-0.15, -0.1) is 0 Å². The molecule has 4 aromatic rings. The molecule has 0 amide bonds. The summed E-state index contributed by atoms with van der Waals surface area (Å²) >= 11 is 0. The fourth-order valence-corrected chi connectivity index (χ4v) is 4.56. The second-order valence-corrected chi connectivity index (χ2v) is 8.27. The van der Waals surface area contributed by atoms with Gasteiger partial charge in [0.25, 0.3) is 0 Å². The molecule has 0 bridgehead atoms. The van der Waals surface area contributed by atoms with Gasteiger partial charge in [0.15, 0.2) is 0 Å². The Morgan fingerprint density at radius 1 is 1.00 bits per heavy atom. The molecule has 154 valence electrons. The van der Waals surface area contributed by atoms with E-state index >= 15 is 0 Å². The van der Waals surface area contributed by atoms with E-state index < -0.39 is 0 Å². The van der Waals surface area contributed by atoms with Gasteiger partial charge < -0.3 is 10.3 Å². The molecule has 2 aromatic heterocycles. The molecule has 0 saturated carbocycles. The standard InChI is InChI=1S/C26H25N5/c27-16-22-17-29-25-15-21(6-7-24(25)26(22)28)20-5-3-4-19(14-20)18-30-12-8-23(9-13-30)31-10-1-2-11-31/h1-7,10-11,14-15,17,23H,8-9,12-13,18H2,(H2,28,29). The van der Waals surface area contributed by atoms with E-state index in [1.54, 1.807) is 6.20 Å². The fourth-order valence-electron chi connectivity index (χ4n) is 4.56. The maximum atomic E-state index is 9.16. The zero-order valence-corrected chi connectivity index (χ0v) is 17.4. The highest BCUT2D eigenvalue weighted by Crippen LogP contribution is 2.29. The molecule has 3 heterocycles. The van der Waals surface area contributed by atoms with Gasteiger partial charge in [-0.2, -0.15) is 5.26 Å². The summed E-state index contributed by atoms with van der Waals surface area (Å²) in [5.41, 5.74) is 11.4. The molecule has 0 unspecified atom stereocenters. The number of nitrogens with two attached hydrogens (primary N) is 1. The number of anilines is 1. The minimum absolute atomic E-state index is 0.419. The quantitative estimate of drug-likeness (QED) is 0.517. The molecule has 5 rings (SSSR count). The lowest BCUT2D eigenvalue weighted by Gasteiger charge is -2.32. The molecule has 1 saturated heterocycles. The number of benzene rings is 2. The number of pyridine rings is 1. The van der Waals surface area contributed by atoms with E-state index in [-0.39, 0.29) is 0 Å². The molecule has 2 aromatic carbocycles.